The molecule has 0 radical (unpaired) electrons. The summed E-state index contributed by atoms with van der Waals surface area (Å²) in [6.07, 6.45) is 5.43. The Balaban J connectivity index is 2.07. The molecule has 0 saturated heterocycles. The van der Waals surface area contributed by atoms with E-state index in [1.165, 1.54) is 25.7 Å². The van der Waals surface area contributed by atoms with Gasteiger partial charge in [-0.1, -0.05) is 19.8 Å². The molecule has 0 spiro atoms. The third-order valence-corrected chi connectivity index (χ3v) is 2.48. The first kappa shape index (κ1) is 10.0. The second-order valence-electron chi connectivity index (χ2n) is 3.72. The van der Waals surface area contributed by atoms with Crippen LogP contribution in [0.5, 0.6) is 0 Å². The summed E-state index contributed by atoms with van der Waals surface area (Å²) in [5.74, 6) is 1.02. The second-order valence-corrected chi connectivity index (χ2v) is 3.72. The minimum absolute atomic E-state index is 0.697. The van der Waals surface area contributed by atoms with Crippen LogP contribution in [-0.2, 0) is 4.74 Å². The average molecular weight is 171 g/mol. The molecule has 0 bridgehead atoms. The zero-order valence-electron chi connectivity index (χ0n) is 8.31. The van der Waals surface area contributed by atoms with E-state index < -0.39 is 0 Å². The van der Waals surface area contributed by atoms with Crippen LogP contribution in [0.1, 0.15) is 32.6 Å². The standard InChI is InChI=1S/C10H21NO/c1-3-11-10(6-7-12-2)8-9-4-5-9/h9-11H,3-8H2,1-2H3. The van der Waals surface area contributed by atoms with E-state index in [9.17, 15) is 0 Å². The van der Waals surface area contributed by atoms with Crippen LogP contribution in [0, 0.1) is 5.92 Å². The summed E-state index contributed by atoms with van der Waals surface area (Å²) in [6, 6.07) is 0.697. The van der Waals surface area contributed by atoms with Gasteiger partial charge in [-0.2, -0.15) is 0 Å². The predicted octanol–water partition coefficient (Wildman–Crippen LogP) is 1.80. The largest absolute Gasteiger partial charge is 0.385 e. The maximum atomic E-state index is 5.08. The SMILES string of the molecule is CCNC(CCOC)CC1CC1. The van der Waals surface area contributed by atoms with Crippen LogP contribution in [0.4, 0.5) is 0 Å². The van der Waals surface area contributed by atoms with E-state index in [1.54, 1.807) is 7.11 Å². The minimum atomic E-state index is 0.697. The van der Waals surface area contributed by atoms with E-state index in [4.69, 9.17) is 4.74 Å². The van der Waals surface area contributed by atoms with E-state index in [-0.39, 0.29) is 0 Å². The fourth-order valence-electron chi connectivity index (χ4n) is 1.61. The first-order valence-electron chi connectivity index (χ1n) is 5.09. The van der Waals surface area contributed by atoms with Crippen LogP contribution >= 0.6 is 0 Å². The van der Waals surface area contributed by atoms with Crippen LogP contribution in [0.15, 0.2) is 0 Å². The van der Waals surface area contributed by atoms with Crippen LogP contribution < -0.4 is 5.32 Å². The Hall–Kier alpha value is -0.0800. The number of rotatable bonds is 7. The molecule has 0 aromatic rings. The van der Waals surface area contributed by atoms with Crippen molar-refractivity contribution in [3.63, 3.8) is 0 Å². The van der Waals surface area contributed by atoms with Crippen molar-refractivity contribution in [2.24, 2.45) is 5.92 Å². The molecular formula is C10H21NO. The average Bonchev–Trinajstić information content (AvgIpc) is 2.84. The molecule has 1 N–H and O–H groups in total. The van der Waals surface area contributed by atoms with Crippen LogP contribution in [0.25, 0.3) is 0 Å². The molecule has 0 aliphatic heterocycles. The fraction of sp³-hybridized carbons (Fsp3) is 1.00. The Morgan fingerprint density at radius 3 is 2.75 bits per heavy atom. The molecule has 0 aromatic carbocycles. The van der Waals surface area contributed by atoms with Crippen molar-refractivity contribution in [2.75, 3.05) is 20.3 Å². The third-order valence-electron chi connectivity index (χ3n) is 2.48. The Labute approximate surface area is 75.7 Å². The lowest BCUT2D eigenvalue weighted by Gasteiger charge is -2.16. The lowest BCUT2D eigenvalue weighted by atomic mass is 10.1. The highest BCUT2D eigenvalue weighted by molar-refractivity contribution is 4.79. The zero-order valence-corrected chi connectivity index (χ0v) is 8.31. The highest BCUT2D eigenvalue weighted by Crippen LogP contribution is 2.33. The van der Waals surface area contributed by atoms with Crippen LogP contribution in [0.3, 0.4) is 0 Å². The van der Waals surface area contributed by atoms with Gasteiger partial charge in [-0.25, -0.2) is 0 Å². The Morgan fingerprint density at radius 1 is 1.50 bits per heavy atom. The lowest BCUT2D eigenvalue weighted by Crippen LogP contribution is -2.30. The van der Waals surface area contributed by atoms with Crippen molar-refractivity contribution >= 4 is 0 Å². The summed E-state index contributed by atoms with van der Waals surface area (Å²) in [5, 5.41) is 3.51. The Bertz CT molecular complexity index is 112. The van der Waals surface area contributed by atoms with Gasteiger partial charge >= 0.3 is 0 Å². The van der Waals surface area contributed by atoms with Gasteiger partial charge in [0.1, 0.15) is 0 Å². The van der Waals surface area contributed by atoms with E-state index >= 15 is 0 Å². The molecule has 0 amide bonds. The van der Waals surface area contributed by atoms with Gasteiger partial charge in [0.2, 0.25) is 0 Å². The van der Waals surface area contributed by atoms with Gasteiger partial charge in [0, 0.05) is 19.8 Å². The zero-order chi connectivity index (χ0) is 8.81. The molecule has 0 aromatic heterocycles. The molecule has 1 aliphatic rings. The molecule has 12 heavy (non-hydrogen) atoms. The fourth-order valence-corrected chi connectivity index (χ4v) is 1.61. The third kappa shape index (κ3) is 4.07. The number of hydrogen-bond donors (Lipinski definition) is 1. The van der Waals surface area contributed by atoms with Gasteiger partial charge in [-0.3, -0.25) is 0 Å². The number of ether oxygens (including phenoxy) is 1. The Morgan fingerprint density at radius 2 is 2.25 bits per heavy atom. The van der Waals surface area contributed by atoms with E-state index in [2.05, 4.69) is 12.2 Å². The van der Waals surface area contributed by atoms with Gasteiger partial charge < -0.3 is 10.1 Å². The maximum absolute atomic E-state index is 5.08. The summed E-state index contributed by atoms with van der Waals surface area (Å²) in [4.78, 5) is 0. The highest BCUT2D eigenvalue weighted by atomic mass is 16.5. The summed E-state index contributed by atoms with van der Waals surface area (Å²) >= 11 is 0. The first-order valence-corrected chi connectivity index (χ1v) is 5.09. The van der Waals surface area contributed by atoms with Crippen LogP contribution in [-0.4, -0.2) is 26.3 Å². The van der Waals surface area contributed by atoms with E-state index in [0.29, 0.717) is 6.04 Å². The second kappa shape index (κ2) is 5.55. The Kier molecular flexibility index (Phi) is 4.62. The van der Waals surface area contributed by atoms with Crippen molar-refractivity contribution in [3.8, 4) is 0 Å². The minimum Gasteiger partial charge on any atom is -0.385 e. The molecule has 1 unspecified atom stereocenters. The molecule has 72 valence electrons. The molecule has 2 nitrogen and oxygen atoms in total. The van der Waals surface area contributed by atoms with Crippen molar-refractivity contribution in [1.82, 2.24) is 5.32 Å². The first-order chi connectivity index (χ1) is 5.86. The molecule has 1 fully saturated rings. The summed E-state index contributed by atoms with van der Waals surface area (Å²) < 4.78 is 5.08. The number of methoxy groups -OCH3 is 1. The smallest absolute Gasteiger partial charge is 0.0477 e. The quantitative estimate of drug-likeness (QED) is 0.630. The molecule has 1 rings (SSSR count). The normalized spacial score (nSPS) is 19.5. The lowest BCUT2D eigenvalue weighted by molar-refractivity contribution is 0.180. The van der Waals surface area contributed by atoms with Crippen molar-refractivity contribution in [3.05, 3.63) is 0 Å². The maximum Gasteiger partial charge on any atom is 0.0477 e. The van der Waals surface area contributed by atoms with Gasteiger partial charge in [0.25, 0.3) is 0 Å². The highest BCUT2D eigenvalue weighted by Gasteiger charge is 2.24. The number of hydrogen-bond acceptors (Lipinski definition) is 2. The molecule has 1 aliphatic carbocycles. The summed E-state index contributed by atoms with van der Waals surface area (Å²) in [6.45, 7) is 4.15. The molecule has 0 heterocycles. The topological polar surface area (TPSA) is 21.3 Å². The van der Waals surface area contributed by atoms with Crippen molar-refractivity contribution in [1.29, 1.82) is 0 Å². The van der Waals surface area contributed by atoms with Crippen molar-refractivity contribution < 1.29 is 4.74 Å². The van der Waals surface area contributed by atoms with Gasteiger partial charge in [-0.15, -0.1) is 0 Å². The molecular weight excluding hydrogens is 150 g/mol. The van der Waals surface area contributed by atoms with Crippen molar-refractivity contribution in [2.45, 2.75) is 38.6 Å². The van der Waals surface area contributed by atoms with Gasteiger partial charge in [0.05, 0.1) is 0 Å². The monoisotopic (exact) mass is 171 g/mol. The van der Waals surface area contributed by atoms with Crippen LogP contribution in [0.2, 0.25) is 0 Å². The summed E-state index contributed by atoms with van der Waals surface area (Å²) in [5.41, 5.74) is 0. The summed E-state index contributed by atoms with van der Waals surface area (Å²) in [7, 11) is 1.78. The predicted molar refractivity (Wildman–Crippen MR) is 51.3 cm³/mol. The number of nitrogens with one attached hydrogen (secondary N) is 1. The van der Waals surface area contributed by atoms with E-state index in [0.717, 1.165) is 19.1 Å². The molecule has 2 heteroatoms. The van der Waals surface area contributed by atoms with Gasteiger partial charge in [-0.05, 0) is 25.3 Å². The van der Waals surface area contributed by atoms with E-state index in [1.807, 2.05) is 0 Å². The van der Waals surface area contributed by atoms with Gasteiger partial charge in [0.15, 0.2) is 0 Å². The molecule has 1 atom stereocenters. The molecule has 1 saturated carbocycles.